The van der Waals surface area contributed by atoms with Crippen molar-refractivity contribution in [3.63, 3.8) is 0 Å². The van der Waals surface area contributed by atoms with E-state index in [9.17, 15) is 19.6 Å². The average Bonchev–Trinajstić information content (AvgIpc) is 2.90. The molecule has 0 spiro atoms. The number of alkyl carbamates (subject to hydrolysis) is 1. The van der Waals surface area contributed by atoms with E-state index in [-0.39, 0.29) is 13.0 Å². The van der Waals surface area contributed by atoms with Crippen LogP contribution in [0.1, 0.15) is 54.6 Å². The predicted octanol–water partition coefficient (Wildman–Crippen LogP) is 5.78. The van der Waals surface area contributed by atoms with Crippen LogP contribution in [-0.2, 0) is 20.7 Å². The van der Waals surface area contributed by atoms with Crippen molar-refractivity contribution in [2.45, 2.75) is 65.6 Å². The topological polar surface area (TPSA) is 112 Å². The molecule has 0 saturated heterocycles. The number of hydrogen-bond donors (Lipinski definition) is 2. The number of benzene rings is 3. The third-order valence-corrected chi connectivity index (χ3v) is 6.57. The van der Waals surface area contributed by atoms with Gasteiger partial charge in [-0.25, -0.2) is 4.79 Å². The largest absolute Gasteiger partial charge is 0.444 e. The van der Waals surface area contributed by atoms with Gasteiger partial charge in [0, 0.05) is 12.1 Å². The molecule has 3 rings (SSSR count). The number of nitriles is 1. The van der Waals surface area contributed by atoms with Gasteiger partial charge in [-0.3, -0.25) is 9.59 Å². The first kappa shape index (κ1) is 30.9. The quantitative estimate of drug-likeness (QED) is 0.326. The maximum Gasteiger partial charge on any atom is 0.408 e. The molecule has 3 aromatic rings. The van der Waals surface area contributed by atoms with Gasteiger partial charge in [-0.15, -0.1) is 0 Å². The Labute approximate surface area is 242 Å². The highest BCUT2D eigenvalue weighted by Gasteiger charge is 2.37. The maximum absolute atomic E-state index is 14.3. The number of nitrogens with zero attached hydrogens (tertiary/aromatic N) is 2. The van der Waals surface area contributed by atoms with Gasteiger partial charge >= 0.3 is 6.09 Å². The molecule has 0 bridgehead atoms. The fraction of sp³-hybridized carbons (Fsp3) is 0.333. The van der Waals surface area contributed by atoms with Crippen molar-refractivity contribution in [3.05, 3.63) is 101 Å². The Morgan fingerprint density at radius 3 is 2.05 bits per heavy atom. The lowest BCUT2D eigenvalue weighted by Gasteiger charge is -2.33. The first-order valence-corrected chi connectivity index (χ1v) is 13.5. The van der Waals surface area contributed by atoms with Crippen LogP contribution >= 0.6 is 0 Å². The Morgan fingerprint density at radius 2 is 1.46 bits per heavy atom. The van der Waals surface area contributed by atoms with Crippen molar-refractivity contribution in [2.75, 3.05) is 11.9 Å². The molecule has 8 nitrogen and oxygen atoms in total. The van der Waals surface area contributed by atoms with E-state index in [1.807, 2.05) is 81.4 Å². The van der Waals surface area contributed by atoms with Gasteiger partial charge in [0.1, 0.15) is 24.2 Å². The number of carbonyl (C=O) groups is 3. The summed E-state index contributed by atoms with van der Waals surface area (Å²) in [5, 5.41) is 15.5. The van der Waals surface area contributed by atoms with Gasteiger partial charge in [-0.2, -0.15) is 5.26 Å². The number of nitrogens with one attached hydrogen (secondary N) is 2. The predicted molar refractivity (Wildman–Crippen MR) is 159 cm³/mol. The van der Waals surface area contributed by atoms with Crippen LogP contribution < -0.4 is 10.6 Å². The Balaban J connectivity index is 2.08. The van der Waals surface area contributed by atoms with E-state index in [0.717, 1.165) is 22.3 Å². The molecule has 214 valence electrons. The number of carbonyl (C=O) groups excluding carboxylic acids is 3. The standard InChI is InChI=1S/C33H38N4O4/c1-22-13-10-11-18-26(22)29(30(38)36-28-23(2)14-12-15-24(28)3)37(20-19-34)31(39)27(21-25-16-8-7-9-17-25)35-32(40)41-33(4,5)6/h7-18,27,29H,20-21H2,1-6H3,(H,35,40)(H,36,38). The summed E-state index contributed by atoms with van der Waals surface area (Å²) in [7, 11) is 0. The number of hydrogen-bond acceptors (Lipinski definition) is 5. The van der Waals surface area contributed by atoms with Gasteiger partial charge in [-0.1, -0.05) is 72.8 Å². The second-order valence-corrected chi connectivity index (χ2v) is 11.0. The van der Waals surface area contributed by atoms with Crippen molar-refractivity contribution >= 4 is 23.6 Å². The maximum atomic E-state index is 14.3. The highest BCUT2D eigenvalue weighted by atomic mass is 16.6. The van der Waals surface area contributed by atoms with E-state index in [1.165, 1.54) is 4.90 Å². The number of para-hydroxylation sites is 1. The number of amides is 3. The zero-order valence-corrected chi connectivity index (χ0v) is 24.5. The van der Waals surface area contributed by atoms with Crippen LogP contribution in [-0.4, -0.2) is 41.0 Å². The Hall–Kier alpha value is -4.64. The summed E-state index contributed by atoms with van der Waals surface area (Å²) in [5.41, 5.74) is 3.76. The summed E-state index contributed by atoms with van der Waals surface area (Å²) in [6.45, 7) is 10.5. The molecule has 0 aliphatic heterocycles. The summed E-state index contributed by atoms with van der Waals surface area (Å²) in [6, 6.07) is 22.0. The van der Waals surface area contributed by atoms with Gasteiger partial charge in [0.2, 0.25) is 5.91 Å². The molecule has 0 aliphatic carbocycles. The lowest BCUT2D eigenvalue weighted by Crippen LogP contribution is -2.53. The molecule has 8 heteroatoms. The molecule has 0 saturated carbocycles. The zero-order chi connectivity index (χ0) is 30.2. The van der Waals surface area contributed by atoms with Crippen LogP contribution in [0.4, 0.5) is 10.5 Å². The number of aryl methyl sites for hydroxylation is 3. The molecule has 0 aliphatic rings. The molecule has 2 unspecified atom stereocenters. The molecule has 41 heavy (non-hydrogen) atoms. The fourth-order valence-electron chi connectivity index (χ4n) is 4.62. The third kappa shape index (κ3) is 8.42. The first-order valence-electron chi connectivity index (χ1n) is 13.5. The first-order chi connectivity index (χ1) is 19.4. The van der Waals surface area contributed by atoms with Gasteiger partial charge in [0.15, 0.2) is 0 Å². The van der Waals surface area contributed by atoms with Crippen LogP contribution in [0.2, 0.25) is 0 Å². The number of rotatable bonds is 9. The summed E-state index contributed by atoms with van der Waals surface area (Å²) in [5.74, 6) is -1.04. The van der Waals surface area contributed by atoms with E-state index in [0.29, 0.717) is 11.3 Å². The van der Waals surface area contributed by atoms with Crippen molar-refractivity contribution in [1.82, 2.24) is 10.2 Å². The number of ether oxygens (including phenoxy) is 1. The minimum atomic E-state index is -1.14. The van der Waals surface area contributed by atoms with Crippen LogP contribution in [0, 0.1) is 32.1 Å². The van der Waals surface area contributed by atoms with Gasteiger partial charge in [-0.05, 0) is 69.4 Å². The third-order valence-electron chi connectivity index (χ3n) is 6.57. The minimum absolute atomic E-state index is 0.139. The molecular formula is C33H38N4O4. The van der Waals surface area contributed by atoms with E-state index >= 15 is 0 Å². The highest BCUT2D eigenvalue weighted by Crippen LogP contribution is 2.29. The van der Waals surface area contributed by atoms with Crippen molar-refractivity contribution in [1.29, 1.82) is 5.26 Å². The fourth-order valence-corrected chi connectivity index (χ4v) is 4.62. The molecule has 2 N–H and O–H groups in total. The van der Waals surface area contributed by atoms with E-state index in [1.54, 1.807) is 32.9 Å². The van der Waals surface area contributed by atoms with E-state index in [4.69, 9.17) is 4.74 Å². The molecular weight excluding hydrogens is 516 g/mol. The molecule has 0 radical (unpaired) electrons. The van der Waals surface area contributed by atoms with E-state index < -0.39 is 35.6 Å². The monoisotopic (exact) mass is 554 g/mol. The molecule has 0 aromatic heterocycles. The van der Waals surface area contributed by atoms with E-state index in [2.05, 4.69) is 16.7 Å². The Kier molecular flexibility index (Phi) is 10.3. The zero-order valence-electron chi connectivity index (χ0n) is 24.5. The minimum Gasteiger partial charge on any atom is -0.444 e. The molecule has 3 aromatic carbocycles. The summed E-state index contributed by atoms with van der Waals surface area (Å²) in [4.78, 5) is 42.4. The Bertz CT molecular complexity index is 1400. The average molecular weight is 555 g/mol. The lowest BCUT2D eigenvalue weighted by atomic mass is 9.96. The van der Waals surface area contributed by atoms with Crippen LogP contribution in [0.3, 0.4) is 0 Å². The lowest BCUT2D eigenvalue weighted by molar-refractivity contribution is -0.140. The smallest absolute Gasteiger partial charge is 0.408 e. The second-order valence-electron chi connectivity index (χ2n) is 11.0. The number of anilines is 1. The second kappa shape index (κ2) is 13.6. The molecule has 3 amide bonds. The molecule has 0 fully saturated rings. The van der Waals surface area contributed by atoms with Crippen molar-refractivity contribution in [2.24, 2.45) is 0 Å². The van der Waals surface area contributed by atoms with Crippen LogP contribution in [0.15, 0.2) is 72.8 Å². The molecule has 0 heterocycles. The van der Waals surface area contributed by atoms with Crippen molar-refractivity contribution in [3.8, 4) is 6.07 Å². The highest BCUT2D eigenvalue weighted by molar-refractivity contribution is 6.00. The van der Waals surface area contributed by atoms with Gasteiger partial charge in [0.05, 0.1) is 6.07 Å². The summed E-state index contributed by atoms with van der Waals surface area (Å²) in [6.07, 6.45) is -0.629. The van der Waals surface area contributed by atoms with Crippen LogP contribution in [0.25, 0.3) is 0 Å². The Morgan fingerprint density at radius 1 is 0.878 bits per heavy atom. The summed E-state index contributed by atoms with van der Waals surface area (Å²) < 4.78 is 5.45. The molecule has 2 atom stereocenters. The van der Waals surface area contributed by atoms with Gasteiger partial charge < -0.3 is 20.3 Å². The SMILES string of the molecule is Cc1ccccc1C(C(=O)Nc1c(C)cccc1C)N(CC#N)C(=O)C(Cc1ccccc1)NC(=O)OC(C)(C)C. The normalized spacial score (nSPS) is 12.4. The van der Waals surface area contributed by atoms with Crippen LogP contribution in [0.5, 0.6) is 0 Å². The van der Waals surface area contributed by atoms with Gasteiger partial charge in [0.25, 0.3) is 5.91 Å². The summed E-state index contributed by atoms with van der Waals surface area (Å²) >= 11 is 0. The van der Waals surface area contributed by atoms with Crippen molar-refractivity contribution < 1.29 is 19.1 Å².